The molecule has 2 heterocycles. The zero-order valence-corrected chi connectivity index (χ0v) is 17.5. The molecule has 2 aliphatic rings. The van der Waals surface area contributed by atoms with Crippen LogP contribution in [0.2, 0.25) is 0 Å². The Hall–Kier alpha value is -3.09. The number of amides is 1. The van der Waals surface area contributed by atoms with Gasteiger partial charge >= 0.3 is 5.97 Å². The van der Waals surface area contributed by atoms with Gasteiger partial charge in [0, 0.05) is 20.1 Å². The van der Waals surface area contributed by atoms with Crippen LogP contribution >= 0.6 is 0 Å². The number of ether oxygens (including phenoxy) is 1. The van der Waals surface area contributed by atoms with Crippen molar-refractivity contribution in [1.29, 1.82) is 0 Å². The van der Waals surface area contributed by atoms with Crippen molar-refractivity contribution in [3.63, 3.8) is 0 Å². The van der Waals surface area contributed by atoms with Crippen molar-refractivity contribution in [1.82, 2.24) is 5.01 Å². The van der Waals surface area contributed by atoms with Gasteiger partial charge in [-0.1, -0.05) is 26.0 Å². The van der Waals surface area contributed by atoms with Gasteiger partial charge in [0.1, 0.15) is 5.82 Å². The minimum absolute atomic E-state index is 0.0517. The van der Waals surface area contributed by atoms with Crippen LogP contribution in [0.1, 0.15) is 33.6 Å². The summed E-state index contributed by atoms with van der Waals surface area (Å²) in [5.41, 5.74) is 2.61. The van der Waals surface area contributed by atoms with Crippen molar-refractivity contribution >= 4 is 29.0 Å². The molecule has 1 aromatic carbocycles. The van der Waals surface area contributed by atoms with Crippen LogP contribution in [0.3, 0.4) is 0 Å². The maximum atomic E-state index is 12.5. The third-order valence-corrected chi connectivity index (χ3v) is 4.81. The first-order valence-electron chi connectivity index (χ1n) is 10.1. The Kier molecular flexibility index (Phi) is 6.36. The monoisotopic (exact) mass is 396 g/mol. The van der Waals surface area contributed by atoms with Gasteiger partial charge in [0.25, 0.3) is 5.91 Å². The van der Waals surface area contributed by atoms with Crippen molar-refractivity contribution in [2.45, 2.75) is 33.6 Å². The standard InChI is InChI=1S/C22H28N4O3/c1-5-14-25-17-10-8-9-11-18(17)26(15-6-2)19(25)13-12-16-20(22(28)29-7-3)23-24(4)21(16)27/h8-13H,5-7,14-15H2,1-4H3/b16-12+. The molecule has 0 spiro atoms. The molecule has 0 aliphatic carbocycles. The molecule has 2 aliphatic heterocycles. The number of hydrogen-bond acceptors (Lipinski definition) is 6. The van der Waals surface area contributed by atoms with Crippen LogP contribution in [0.4, 0.5) is 11.4 Å². The fourth-order valence-electron chi connectivity index (χ4n) is 3.59. The fourth-order valence-corrected chi connectivity index (χ4v) is 3.59. The molecule has 0 fully saturated rings. The minimum atomic E-state index is -0.583. The van der Waals surface area contributed by atoms with Gasteiger partial charge in [-0.3, -0.25) is 4.79 Å². The zero-order chi connectivity index (χ0) is 21.0. The molecule has 0 saturated heterocycles. The molecule has 0 radical (unpaired) electrons. The largest absolute Gasteiger partial charge is 0.461 e. The summed E-state index contributed by atoms with van der Waals surface area (Å²) >= 11 is 0. The lowest BCUT2D eigenvalue weighted by Gasteiger charge is -2.24. The number of allylic oxidation sites excluding steroid dienone is 2. The van der Waals surface area contributed by atoms with Gasteiger partial charge in [-0.25, -0.2) is 9.80 Å². The lowest BCUT2D eigenvalue weighted by Crippen LogP contribution is -2.29. The molecule has 1 amide bonds. The molecule has 0 atom stereocenters. The smallest absolute Gasteiger partial charge is 0.359 e. The van der Waals surface area contributed by atoms with Gasteiger partial charge in [0.15, 0.2) is 5.71 Å². The average molecular weight is 396 g/mol. The molecular formula is C22H28N4O3. The van der Waals surface area contributed by atoms with E-state index in [1.165, 1.54) is 12.1 Å². The van der Waals surface area contributed by atoms with Gasteiger partial charge in [-0.15, -0.1) is 0 Å². The molecule has 0 saturated carbocycles. The van der Waals surface area contributed by atoms with Crippen molar-refractivity contribution in [2.24, 2.45) is 5.10 Å². The highest BCUT2D eigenvalue weighted by Crippen LogP contribution is 2.41. The quantitative estimate of drug-likeness (QED) is 0.523. The summed E-state index contributed by atoms with van der Waals surface area (Å²) in [7, 11) is 1.54. The fraction of sp³-hybridized carbons (Fsp3) is 0.409. The molecule has 154 valence electrons. The number of carbonyl (C=O) groups is 2. The zero-order valence-electron chi connectivity index (χ0n) is 17.5. The van der Waals surface area contributed by atoms with Crippen molar-refractivity contribution < 1.29 is 14.3 Å². The Morgan fingerprint density at radius 2 is 1.62 bits per heavy atom. The second-order valence-corrected chi connectivity index (χ2v) is 6.90. The van der Waals surface area contributed by atoms with E-state index in [4.69, 9.17) is 4.74 Å². The van der Waals surface area contributed by atoms with Crippen molar-refractivity contribution in [2.75, 3.05) is 36.5 Å². The maximum absolute atomic E-state index is 12.5. The van der Waals surface area contributed by atoms with E-state index in [1.807, 2.05) is 18.2 Å². The second kappa shape index (κ2) is 8.94. The van der Waals surface area contributed by atoms with Crippen LogP contribution < -0.4 is 9.80 Å². The first kappa shape index (κ1) is 20.6. The number of para-hydroxylation sites is 2. The molecule has 3 rings (SSSR count). The number of esters is 1. The molecule has 29 heavy (non-hydrogen) atoms. The molecule has 1 aromatic rings. The highest BCUT2D eigenvalue weighted by Gasteiger charge is 2.34. The van der Waals surface area contributed by atoms with Gasteiger partial charge in [-0.05, 0) is 44.1 Å². The summed E-state index contributed by atoms with van der Waals surface area (Å²) in [4.78, 5) is 29.3. The summed E-state index contributed by atoms with van der Waals surface area (Å²) in [6.45, 7) is 7.96. The molecule has 7 nitrogen and oxygen atoms in total. The minimum Gasteiger partial charge on any atom is -0.461 e. The van der Waals surface area contributed by atoms with E-state index in [0.29, 0.717) is 0 Å². The van der Waals surface area contributed by atoms with Crippen LogP contribution in [0.25, 0.3) is 0 Å². The summed E-state index contributed by atoms with van der Waals surface area (Å²) in [6.07, 6.45) is 5.57. The third-order valence-electron chi connectivity index (χ3n) is 4.81. The number of likely N-dealkylation sites (N-methyl/N-ethyl adjacent to an activating group) is 1. The first-order chi connectivity index (χ1) is 14.0. The number of benzene rings is 1. The third kappa shape index (κ3) is 3.90. The predicted octanol–water partition coefficient (Wildman–Crippen LogP) is 3.29. The summed E-state index contributed by atoms with van der Waals surface area (Å²) in [5, 5.41) is 5.24. The highest BCUT2D eigenvalue weighted by atomic mass is 16.5. The number of hydrogen-bond donors (Lipinski definition) is 0. The van der Waals surface area contributed by atoms with Crippen LogP contribution in [-0.4, -0.2) is 49.3 Å². The van der Waals surface area contributed by atoms with Crippen LogP contribution in [0.15, 0.2) is 52.9 Å². The molecule has 0 aromatic heterocycles. The van der Waals surface area contributed by atoms with Gasteiger partial charge in [0.2, 0.25) is 0 Å². The first-order valence-corrected chi connectivity index (χ1v) is 10.1. The Labute approximate surface area is 171 Å². The van der Waals surface area contributed by atoms with E-state index >= 15 is 0 Å². The molecule has 0 bridgehead atoms. The summed E-state index contributed by atoms with van der Waals surface area (Å²) in [6, 6.07) is 8.30. The highest BCUT2D eigenvalue weighted by molar-refractivity contribution is 6.51. The Morgan fingerprint density at radius 3 is 2.14 bits per heavy atom. The number of hydrazone groups is 1. The van der Waals surface area contributed by atoms with Gasteiger partial charge in [0.05, 0.1) is 23.6 Å². The van der Waals surface area contributed by atoms with Crippen LogP contribution in [-0.2, 0) is 14.3 Å². The van der Waals surface area contributed by atoms with Gasteiger partial charge < -0.3 is 14.5 Å². The number of rotatable bonds is 7. The van der Waals surface area contributed by atoms with E-state index in [2.05, 4.69) is 40.9 Å². The molecule has 0 N–H and O–H groups in total. The van der Waals surface area contributed by atoms with Crippen molar-refractivity contribution in [3.8, 4) is 0 Å². The normalized spacial score (nSPS) is 17.2. The summed E-state index contributed by atoms with van der Waals surface area (Å²) in [5.74, 6) is 0.0952. The number of carbonyl (C=O) groups excluding carboxylic acids is 2. The van der Waals surface area contributed by atoms with Crippen molar-refractivity contribution in [3.05, 3.63) is 47.8 Å². The van der Waals surface area contributed by atoms with E-state index in [-0.39, 0.29) is 23.8 Å². The predicted molar refractivity (Wildman–Crippen MR) is 115 cm³/mol. The molecule has 7 heteroatoms. The Bertz CT molecular complexity index is 853. The van der Waals surface area contributed by atoms with E-state index in [0.717, 1.165) is 43.1 Å². The SMILES string of the molecule is CCCN1C(=C/C=C2/C(=O)N(C)N=C2C(=O)OCC)N(CCC)c2ccccc21. The number of anilines is 2. The summed E-state index contributed by atoms with van der Waals surface area (Å²) < 4.78 is 5.06. The lowest BCUT2D eigenvalue weighted by molar-refractivity contribution is -0.135. The second-order valence-electron chi connectivity index (χ2n) is 6.90. The number of fused-ring (bicyclic) bond motifs is 1. The Morgan fingerprint density at radius 1 is 1.03 bits per heavy atom. The van der Waals surface area contributed by atoms with E-state index in [1.54, 1.807) is 13.0 Å². The lowest BCUT2D eigenvalue weighted by atomic mass is 10.1. The van der Waals surface area contributed by atoms with Gasteiger partial charge in [-0.2, -0.15) is 5.10 Å². The Balaban J connectivity index is 2.03. The topological polar surface area (TPSA) is 65.5 Å². The maximum Gasteiger partial charge on any atom is 0.359 e. The average Bonchev–Trinajstić information content (AvgIpc) is 3.16. The van der Waals surface area contributed by atoms with Crippen LogP contribution in [0.5, 0.6) is 0 Å². The van der Waals surface area contributed by atoms with E-state index in [9.17, 15) is 9.59 Å². The number of nitrogens with zero attached hydrogens (tertiary/aromatic N) is 4. The molecular weight excluding hydrogens is 368 g/mol. The van der Waals surface area contributed by atoms with E-state index < -0.39 is 5.97 Å². The molecule has 0 unspecified atom stereocenters. The van der Waals surface area contributed by atoms with Crippen LogP contribution in [0, 0.1) is 0 Å².